The van der Waals surface area contributed by atoms with Crippen molar-refractivity contribution in [3.8, 4) is 11.8 Å². The number of carbonyl (C=O) groups excluding carboxylic acids is 1. The summed E-state index contributed by atoms with van der Waals surface area (Å²) in [6, 6.07) is 13.3. The second kappa shape index (κ2) is 9.31. The molecule has 0 bridgehead atoms. The normalized spacial score (nSPS) is 10.4. The van der Waals surface area contributed by atoms with E-state index in [9.17, 15) is 4.79 Å². The van der Waals surface area contributed by atoms with Gasteiger partial charge in [-0.2, -0.15) is 0 Å². The van der Waals surface area contributed by atoms with E-state index < -0.39 is 0 Å². The minimum absolute atomic E-state index is 0.337. The van der Waals surface area contributed by atoms with Crippen LogP contribution in [-0.2, 0) is 4.79 Å². The average Bonchev–Trinajstić information content (AvgIpc) is 2.66. The third kappa shape index (κ3) is 5.52. The van der Waals surface area contributed by atoms with Gasteiger partial charge in [0.1, 0.15) is 12.1 Å². The Labute approximate surface area is 172 Å². The fraction of sp³-hybridized carbons (Fsp3) is 0.190. The predicted molar refractivity (Wildman–Crippen MR) is 117 cm³/mol. The number of rotatable bonds is 5. The summed E-state index contributed by atoms with van der Waals surface area (Å²) in [4.78, 5) is 22.7. The molecule has 28 heavy (non-hydrogen) atoms. The Kier molecular flexibility index (Phi) is 6.58. The molecule has 0 aliphatic heterocycles. The summed E-state index contributed by atoms with van der Waals surface area (Å²) in [6.07, 6.45) is 2.16. The van der Waals surface area contributed by atoms with Gasteiger partial charge in [0, 0.05) is 34.2 Å². The molecule has 0 unspecified atom stereocenters. The van der Waals surface area contributed by atoms with Crippen LogP contribution in [0.15, 0.2) is 53.3 Å². The number of hydrogen-bond donors (Lipinski definition) is 2. The van der Waals surface area contributed by atoms with Gasteiger partial charge in [0.05, 0.1) is 5.52 Å². The number of carbonyl (C=O) groups is 1. The van der Waals surface area contributed by atoms with Gasteiger partial charge in [0.2, 0.25) is 0 Å². The van der Waals surface area contributed by atoms with E-state index in [1.54, 1.807) is 6.07 Å². The van der Waals surface area contributed by atoms with Crippen LogP contribution in [0.3, 0.4) is 0 Å². The molecule has 0 saturated heterocycles. The molecule has 0 spiro atoms. The summed E-state index contributed by atoms with van der Waals surface area (Å²) in [5.41, 5.74) is 2.32. The first kappa shape index (κ1) is 19.8. The molecular weight excluding hydrogens is 418 g/mol. The van der Waals surface area contributed by atoms with E-state index in [4.69, 9.17) is 0 Å². The van der Waals surface area contributed by atoms with Gasteiger partial charge >= 0.3 is 0 Å². The van der Waals surface area contributed by atoms with Crippen molar-refractivity contribution >= 4 is 49.9 Å². The minimum Gasteiger partial charge on any atom is -0.340 e. The van der Waals surface area contributed by atoms with Crippen LogP contribution in [0.1, 0.15) is 6.42 Å². The van der Waals surface area contributed by atoms with E-state index in [0.717, 1.165) is 27.6 Å². The fourth-order valence-corrected chi connectivity index (χ4v) is 2.92. The number of fused-ring (bicyclic) bond motifs is 1. The number of hydrogen-bond acceptors (Lipinski definition) is 5. The van der Waals surface area contributed by atoms with Crippen LogP contribution in [0, 0.1) is 11.8 Å². The lowest BCUT2D eigenvalue weighted by atomic mass is 10.2. The molecular formula is C21H20BrN5O. The van der Waals surface area contributed by atoms with E-state index in [-0.39, 0.29) is 5.91 Å². The van der Waals surface area contributed by atoms with E-state index in [1.165, 1.54) is 6.33 Å². The standard InChI is InChI=1S/C21H20BrN5O/c1-27(2)11-4-3-8-20(28)25-17-9-10-19-18(13-17)21(24-14-23-19)26-16-7-5-6-15(22)12-16/h5-7,9-10,12-14H,4,11H2,1-2H3,(H,25,28)(H,23,24,26). The highest BCUT2D eigenvalue weighted by Crippen LogP contribution is 2.26. The third-order valence-corrected chi connectivity index (χ3v) is 4.36. The van der Waals surface area contributed by atoms with E-state index in [0.29, 0.717) is 17.9 Å². The van der Waals surface area contributed by atoms with Crippen molar-refractivity contribution in [3.05, 3.63) is 53.3 Å². The Hall–Kier alpha value is -2.95. The van der Waals surface area contributed by atoms with E-state index >= 15 is 0 Å². The molecule has 6 nitrogen and oxygen atoms in total. The maximum absolute atomic E-state index is 12.1. The van der Waals surface area contributed by atoms with Gasteiger partial charge in [0.15, 0.2) is 0 Å². The molecule has 0 radical (unpaired) electrons. The molecule has 3 rings (SSSR count). The summed E-state index contributed by atoms with van der Waals surface area (Å²) in [5.74, 6) is 5.82. The lowest BCUT2D eigenvalue weighted by Gasteiger charge is -2.10. The number of benzene rings is 2. The number of halogens is 1. The van der Waals surface area contributed by atoms with Crippen LogP contribution in [-0.4, -0.2) is 41.4 Å². The summed E-state index contributed by atoms with van der Waals surface area (Å²) in [7, 11) is 3.94. The molecule has 2 aromatic carbocycles. The lowest BCUT2D eigenvalue weighted by molar-refractivity contribution is -0.111. The van der Waals surface area contributed by atoms with E-state index in [2.05, 4.69) is 48.4 Å². The molecule has 1 heterocycles. The summed E-state index contributed by atoms with van der Waals surface area (Å²) in [6.45, 7) is 0.818. The van der Waals surface area contributed by atoms with Crippen molar-refractivity contribution in [2.75, 3.05) is 31.3 Å². The molecule has 7 heteroatoms. The van der Waals surface area contributed by atoms with Crippen LogP contribution in [0.4, 0.5) is 17.2 Å². The first-order chi connectivity index (χ1) is 13.5. The van der Waals surface area contributed by atoms with Crippen molar-refractivity contribution in [1.29, 1.82) is 0 Å². The van der Waals surface area contributed by atoms with Gasteiger partial charge < -0.3 is 15.5 Å². The first-order valence-electron chi connectivity index (χ1n) is 8.73. The topological polar surface area (TPSA) is 70.2 Å². The molecule has 142 valence electrons. The largest absolute Gasteiger partial charge is 0.340 e. The minimum atomic E-state index is -0.337. The van der Waals surface area contributed by atoms with Crippen LogP contribution < -0.4 is 10.6 Å². The van der Waals surface area contributed by atoms with Crippen molar-refractivity contribution in [2.45, 2.75) is 6.42 Å². The fourth-order valence-electron chi connectivity index (χ4n) is 2.52. The summed E-state index contributed by atoms with van der Waals surface area (Å²) in [5, 5.41) is 6.91. The summed E-state index contributed by atoms with van der Waals surface area (Å²) >= 11 is 3.46. The highest BCUT2D eigenvalue weighted by molar-refractivity contribution is 9.10. The Balaban J connectivity index is 1.79. The molecule has 1 aromatic heterocycles. The number of amides is 1. The Morgan fingerprint density at radius 1 is 1.14 bits per heavy atom. The van der Waals surface area contributed by atoms with Gasteiger partial charge in [-0.25, -0.2) is 9.97 Å². The molecule has 0 fully saturated rings. The molecule has 3 aromatic rings. The zero-order valence-electron chi connectivity index (χ0n) is 15.7. The second-order valence-corrected chi connectivity index (χ2v) is 7.31. The monoisotopic (exact) mass is 437 g/mol. The molecule has 0 atom stereocenters. The maximum atomic E-state index is 12.1. The van der Waals surface area contributed by atoms with Crippen LogP contribution in [0.25, 0.3) is 10.9 Å². The third-order valence-electron chi connectivity index (χ3n) is 3.87. The number of anilines is 3. The highest BCUT2D eigenvalue weighted by atomic mass is 79.9. The molecule has 1 amide bonds. The Morgan fingerprint density at radius 3 is 2.79 bits per heavy atom. The van der Waals surface area contributed by atoms with Gasteiger partial charge in [-0.1, -0.05) is 27.9 Å². The molecule has 2 N–H and O–H groups in total. The van der Waals surface area contributed by atoms with Gasteiger partial charge in [-0.3, -0.25) is 4.79 Å². The summed E-state index contributed by atoms with van der Waals surface area (Å²) < 4.78 is 0.969. The molecule has 0 saturated carbocycles. The quantitative estimate of drug-likeness (QED) is 0.589. The first-order valence-corrected chi connectivity index (χ1v) is 9.52. The molecule has 0 aliphatic rings. The maximum Gasteiger partial charge on any atom is 0.300 e. The zero-order valence-corrected chi connectivity index (χ0v) is 17.2. The van der Waals surface area contributed by atoms with Gasteiger partial charge in [-0.05, 0) is 56.4 Å². The van der Waals surface area contributed by atoms with Gasteiger partial charge in [0.25, 0.3) is 5.91 Å². The van der Waals surface area contributed by atoms with Crippen LogP contribution in [0.5, 0.6) is 0 Å². The predicted octanol–water partition coefficient (Wildman–Crippen LogP) is 4.03. The number of aromatic nitrogens is 2. The molecule has 0 aliphatic carbocycles. The zero-order chi connectivity index (χ0) is 19.9. The van der Waals surface area contributed by atoms with Crippen molar-refractivity contribution in [1.82, 2.24) is 14.9 Å². The lowest BCUT2D eigenvalue weighted by Crippen LogP contribution is -2.12. The number of nitrogens with one attached hydrogen (secondary N) is 2. The number of nitrogens with zero attached hydrogens (tertiary/aromatic N) is 3. The van der Waals surface area contributed by atoms with Crippen LogP contribution in [0.2, 0.25) is 0 Å². The second-order valence-electron chi connectivity index (χ2n) is 6.40. The van der Waals surface area contributed by atoms with Gasteiger partial charge in [-0.15, -0.1) is 0 Å². The SMILES string of the molecule is CN(C)CCC#CC(=O)Nc1ccc2ncnc(Nc3cccc(Br)c3)c2c1. The average molecular weight is 438 g/mol. The Morgan fingerprint density at radius 2 is 2.00 bits per heavy atom. The highest BCUT2D eigenvalue weighted by Gasteiger charge is 2.07. The van der Waals surface area contributed by atoms with Crippen LogP contribution >= 0.6 is 15.9 Å². The smallest absolute Gasteiger partial charge is 0.300 e. The van der Waals surface area contributed by atoms with Crippen molar-refractivity contribution in [3.63, 3.8) is 0 Å². The Bertz CT molecular complexity index is 1060. The van der Waals surface area contributed by atoms with Crippen molar-refractivity contribution < 1.29 is 4.79 Å². The van der Waals surface area contributed by atoms with Crippen molar-refractivity contribution in [2.24, 2.45) is 0 Å². The van der Waals surface area contributed by atoms with E-state index in [1.807, 2.05) is 55.4 Å².